The summed E-state index contributed by atoms with van der Waals surface area (Å²) in [4.78, 5) is 25.7. The van der Waals surface area contributed by atoms with Crippen molar-refractivity contribution in [3.8, 4) is 0 Å². The molecule has 0 spiro atoms. The number of rotatable bonds is 2. The summed E-state index contributed by atoms with van der Waals surface area (Å²) in [6.07, 6.45) is -4.43. The number of amides is 2. The number of benzene rings is 2. The van der Waals surface area contributed by atoms with Gasteiger partial charge in [-0.15, -0.1) is 0 Å². The normalized spacial score (nSPS) is 13.3. The van der Waals surface area contributed by atoms with Crippen LogP contribution in [0.3, 0.4) is 0 Å². The van der Waals surface area contributed by atoms with Crippen molar-refractivity contribution >= 4 is 17.7 Å². The molecular formula is C18H15F3N2O3. The first-order valence-corrected chi connectivity index (χ1v) is 7.72. The van der Waals surface area contributed by atoms with E-state index in [1.165, 1.54) is 24.1 Å². The molecule has 2 aromatic carbocycles. The zero-order valence-corrected chi connectivity index (χ0v) is 13.8. The number of fused-ring (bicyclic) bond motifs is 1. The highest BCUT2D eigenvalue weighted by Gasteiger charge is 2.30. The largest absolute Gasteiger partial charge is 0.465 e. The molecule has 0 unspecified atom stereocenters. The second-order valence-corrected chi connectivity index (χ2v) is 5.80. The predicted octanol–water partition coefficient (Wildman–Crippen LogP) is 4.04. The van der Waals surface area contributed by atoms with Gasteiger partial charge in [0, 0.05) is 18.8 Å². The van der Waals surface area contributed by atoms with E-state index in [4.69, 9.17) is 4.74 Å². The lowest BCUT2D eigenvalue weighted by Gasteiger charge is -2.17. The molecule has 5 nitrogen and oxygen atoms in total. The summed E-state index contributed by atoms with van der Waals surface area (Å²) in [7, 11) is 1.28. The van der Waals surface area contributed by atoms with Gasteiger partial charge in [0.2, 0.25) is 0 Å². The van der Waals surface area contributed by atoms with E-state index in [-0.39, 0.29) is 12.2 Å². The van der Waals surface area contributed by atoms with Crippen LogP contribution in [0.1, 0.15) is 27.0 Å². The zero-order chi connectivity index (χ0) is 18.9. The van der Waals surface area contributed by atoms with Crippen LogP contribution in [0, 0.1) is 0 Å². The number of halogens is 3. The maximum atomic E-state index is 12.6. The molecule has 136 valence electrons. The molecule has 2 amide bonds. The number of urea groups is 1. The van der Waals surface area contributed by atoms with E-state index in [1.54, 1.807) is 12.1 Å². The van der Waals surface area contributed by atoms with Crippen molar-refractivity contribution < 1.29 is 27.5 Å². The SMILES string of the molecule is COC(=O)c1cccc2c1CN(C(=O)Nc1ccc(C(F)(F)F)cc1)C2. The zero-order valence-electron chi connectivity index (χ0n) is 13.8. The third-order valence-corrected chi connectivity index (χ3v) is 4.14. The molecule has 2 aromatic rings. The van der Waals surface area contributed by atoms with Crippen LogP contribution in [0.4, 0.5) is 23.7 Å². The Morgan fingerprint density at radius 1 is 1.08 bits per heavy atom. The quantitative estimate of drug-likeness (QED) is 0.819. The number of nitrogens with one attached hydrogen (secondary N) is 1. The van der Waals surface area contributed by atoms with Crippen LogP contribution in [0.15, 0.2) is 42.5 Å². The van der Waals surface area contributed by atoms with E-state index in [0.29, 0.717) is 17.7 Å². The fourth-order valence-corrected chi connectivity index (χ4v) is 2.81. The number of ether oxygens (including phenoxy) is 1. The second-order valence-electron chi connectivity index (χ2n) is 5.80. The standard InChI is InChI=1S/C18H15F3N2O3/c1-26-16(24)14-4-2-3-11-9-23(10-15(11)14)17(25)22-13-7-5-12(6-8-13)18(19,20)21/h2-8H,9-10H2,1H3,(H,22,25). The van der Waals surface area contributed by atoms with E-state index in [1.807, 2.05) is 6.07 Å². The lowest BCUT2D eigenvalue weighted by molar-refractivity contribution is -0.137. The molecule has 0 aromatic heterocycles. The molecule has 3 rings (SSSR count). The number of hydrogen-bond acceptors (Lipinski definition) is 3. The maximum Gasteiger partial charge on any atom is 0.416 e. The summed E-state index contributed by atoms with van der Waals surface area (Å²) in [5.41, 5.74) is 1.41. The van der Waals surface area contributed by atoms with Gasteiger partial charge in [-0.1, -0.05) is 12.1 Å². The molecule has 0 aliphatic carbocycles. The monoisotopic (exact) mass is 364 g/mol. The van der Waals surface area contributed by atoms with E-state index < -0.39 is 23.7 Å². The van der Waals surface area contributed by atoms with Crippen LogP contribution in [-0.4, -0.2) is 24.0 Å². The van der Waals surface area contributed by atoms with Gasteiger partial charge in [-0.25, -0.2) is 9.59 Å². The van der Waals surface area contributed by atoms with Crippen molar-refractivity contribution in [1.82, 2.24) is 4.90 Å². The van der Waals surface area contributed by atoms with E-state index in [2.05, 4.69) is 5.32 Å². The lowest BCUT2D eigenvalue weighted by atomic mass is 10.0. The highest BCUT2D eigenvalue weighted by atomic mass is 19.4. The third-order valence-electron chi connectivity index (χ3n) is 4.14. The van der Waals surface area contributed by atoms with Gasteiger partial charge in [0.15, 0.2) is 0 Å². The Kier molecular flexibility index (Phi) is 4.58. The van der Waals surface area contributed by atoms with Crippen LogP contribution in [0.5, 0.6) is 0 Å². The van der Waals surface area contributed by atoms with Gasteiger partial charge in [-0.05, 0) is 41.5 Å². The van der Waals surface area contributed by atoms with Crippen LogP contribution >= 0.6 is 0 Å². The molecule has 1 heterocycles. The van der Waals surface area contributed by atoms with Crippen LogP contribution in [-0.2, 0) is 24.0 Å². The first kappa shape index (κ1) is 17.8. The number of hydrogen-bond donors (Lipinski definition) is 1. The van der Waals surface area contributed by atoms with E-state index in [0.717, 1.165) is 17.7 Å². The molecule has 0 bridgehead atoms. The average molecular weight is 364 g/mol. The number of methoxy groups -OCH3 is 1. The van der Waals surface area contributed by atoms with Crippen molar-refractivity contribution in [1.29, 1.82) is 0 Å². The van der Waals surface area contributed by atoms with Crippen LogP contribution < -0.4 is 5.32 Å². The smallest absolute Gasteiger partial charge is 0.416 e. The highest BCUT2D eigenvalue weighted by molar-refractivity contribution is 5.93. The summed E-state index contributed by atoms with van der Waals surface area (Å²) >= 11 is 0. The van der Waals surface area contributed by atoms with Gasteiger partial charge in [0.05, 0.1) is 18.2 Å². The van der Waals surface area contributed by atoms with Crippen molar-refractivity contribution in [3.05, 3.63) is 64.7 Å². The fourth-order valence-electron chi connectivity index (χ4n) is 2.81. The Balaban J connectivity index is 1.71. The van der Waals surface area contributed by atoms with Gasteiger partial charge in [0.25, 0.3) is 0 Å². The van der Waals surface area contributed by atoms with Gasteiger partial charge in [-0.3, -0.25) is 0 Å². The Hall–Kier alpha value is -3.03. The number of esters is 1. The van der Waals surface area contributed by atoms with Gasteiger partial charge in [0.1, 0.15) is 0 Å². The van der Waals surface area contributed by atoms with Crippen molar-refractivity contribution in [2.45, 2.75) is 19.3 Å². The summed E-state index contributed by atoms with van der Waals surface area (Å²) in [6, 6.07) is 8.90. The molecule has 1 N–H and O–H groups in total. The summed E-state index contributed by atoms with van der Waals surface area (Å²) in [6.45, 7) is 0.514. The van der Waals surface area contributed by atoms with Crippen molar-refractivity contribution in [2.24, 2.45) is 0 Å². The summed E-state index contributed by atoms with van der Waals surface area (Å²) < 4.78 is 42.5. The number of carbonyl (C=O) groups excluding carboxylic acids is 2. The Morgan fingerprint density at radius 3 is 2.38 bits per heavy atom. The second kappa shape index (κ2) is 6.70. The maximum absolute atomic E-state index is 12.6. The number of anilines is 1. The fraction of sp³-hybridized carbons (Fsp3) is 0.222. The molecule has 8 heteroatoms. The van der Waals surface area contributed by atoms with Crippen molar-refractivity contribution in [3.63, 3.8) is 0 Å². The summed E-state index contributed by atoms with van der Waals surface area (Å²) in [5.74, 6) is -0.480. The molecule has 1 aliphatic heterocycles. The van der Waals surface area contributed by atoms with Gasteiger partial charge in [-0.2, -0.15) is 13.2 Å². The minimum atomic E-state index is -4.43. The first-order valence-electron chi connectivity index (χ1n) is 7.72. The minimum absolute atomic E-state index is 0.215. The lowest BCUT2D eigenvalue weighted by Crippen LogP contribution is -2.30. The molecule has 1 aliphatic rings. The molecule has 0 radical (unpaired) electrons. The predicted molar refractivity (Wildman–Crippen MR) is 87.5 cm³/mol. The van der Waals surface area contributed by atoms with Gasteiger partial charge >= 0.3 is 18.2 Å². The van der Waals surface area contributed by atoms with E-state index in [9.17, 15) is 22.8 Å². The number of carbonyl (C=O) groups is 2. The van der Waals surface area contributed by atoms with E-state index >= 15 is 0 Å². The molecule has 0 saturated heterocycles. The highest BCUT2D eigenvalue weighted by Crippen LogP contribution is 2.30. The number of nitrogens with zero attached hydrogens (tertiary/aromatic N) is 1. The van der Waals surface area contributed by atoms with Crippen molar-refractivity contribution in [2.75, 3.05) is 12.4 Å². The van der Waals surface area contributed by atoms with Crippen LogP contribution in [0.25, 0.3) is 0 Å². The molecule has 0 saturated carbocycles. The Labute approximate surface area is 147 Å². The van der Waals surface area contributed by atoms with Crippen LogP contribution in [0.2, 0.25) is 0 Å². The minimum Gasteiger partial charge on any atom is -0.465 e. The molecule has 0 fully saturated rings. The Morgan fingerprint density at radius 2 is 1.77 bits per heavy atom. The average Bonchev–Trinajstić information content (AvgIpc) is 3.05. The Bertz CT molecular complexity index is 848. The summed E-state index contributed by atoms with van der Waals surface area (Å²) in [5, 5.41) is 2.56. The number of alkyl halides is 3. The van der Waals surface area contributed by atoms with Gasteiger partial charge < -0.3 is 15.0 Å². The topological polar surface area (TPSA) is 58.6 Å². The molecule has 26 heavy (non-hydrogen) atoms. The molecule has 0 atom stereocenters. The molecular weight excluding hydrogens is 349 g/mol. The third kappa shape index (κ3) is 3.49. The first-order chi connectivity index (χ1) is 12.3.